The maximum Gasteiger partial charge on any atom is 0.222 e. The van der Waals surface area contributed by atoms with E-state index in [1.54, 1.807) is 0 Å². The van der Waals surface area contributed by atoms with Crippen molar-refractivity contribution < 1.29 is 9.53 Å². The summed E-state index contributed by atoms with van der Waals surface area (Å²) in [6.45, 7) is 5.06. The number of anilines is 1. The Hall–Kier alpha value is -3.87. The Labute approximate surface area is 205 Å². The van der Waals surface area contributed by atoms with E-state index in [9.17, 15) is 4.79 Å². The average Bonchev–Trinajstić information content (AvgIpc) is 3.23. The lowest BCUT2D eigenvalue weighted by Gasteiger charge is -2.36. The fourth-order valence-corrected chi connectivity index (χ4v) is 4.64. The van der Waals surface area contributed by atoms with Gasteiger partial charge < -0.3 is 20.4 Å². The maximum absolute atomic E-state index is 11.9. The van der Waals surface area contributed by atoms with E-state index in [1.165, 1.54) is 6.33 Å². The molecule has 3 N–H and O–H groups in total. The predicted molar refractivity (Wildman–Crippen MR) is 138 cm³/mol. The van der Waals surface area contributed by atoms with Gasteiger partial charge >= 0.3 is 0 Å². The molecule has 4 aromatic rings. The van der Waals surface area contributed by atoms with Crippen LogP contribution in [0.2, 0.25) is 0 Å². The highest BCUT2D eigenvalue weighted by Gasteiger charge is 2.32. The third-order valence-corrected chi connectivity index (χ3v) is 6.73. The monoisotopic (exact) mass is 469 g/mol. The molecule has 2 aromatic carbocycles. The molecule has 0 bridgehead atoms. The number of nitrogens with zero attached hydrogens (tertiary/aromatic N) is 3. The summed E-state index contributed by atoms with van der Waals surface area (Å²) >= 11 is 0. The Bertz CT molecular complexity index is 1330. The minimum absolute atomic E-state index is 0.00827. The second kappa shape index (κ2) is 9.78. The first-order valence-corrected chi connectivity index (χ1v) is 12.2. The lowest BCUT2D eigenvalue weighted by atomic mass is 9.80. The highest BCUT2D eigenvalue weighted by molar-refractivity contribution is 6.00. The second-order valence-electron chi connectivity index (χ2n) is 9.60. The summed E-state index contributed by atoms with van der Waals surface area (Å²) in [4.78, 5) is 20.8. The molecule has 0 saturated heterocycles. The number of nitrogen functional groups attached to an aromatic ring is 1. The number of carbonyl (C=O) groups is 1. The van der Waals surface area contributed by atoms with Crippen molar-refractivity contribution in [3.8, 4) is 16.9 Å². The van der Waals surface area contributed by atoms with Crippen molar-refractivity contribution in [2.45, 2.75) is 39.3 Å². The van der Waals surface area contributed by atoms with Gasteiger partial charge in [-0.3, -0.25) is 4.79 Å². The lowest BCUT2D eigenvalue weighted by Crippen LogP contribution is -2.38. The molecule has 0 atom stereocenters. The molecule has 0 aliphatic heterocycles. The molecule has 7 nitrogen and oxygen atoms in total. The van der Waals surface area contributed by atoms with Crippen LogP contribution in [0.15, 0.2) is 67.1 Å². The summed E-state index contributed by atoms with van der Waals surface area (Å²) in [5, 5.41) is 3.92. The molecule has 5 rings (SSSR count). The normalized spacial score (nSPS) is 17.3. The molecule has 2 heterocycles. The Kier molecular flexibility index (Phi) is 6.40. The van der Waals surface area contributed by atoms with E-state index >= 15 is 0 Å². The molecule has 1 aliphatic rings. The minimum Gasteiger partial charge on any atom is -0.489 e. The SMILES string of the molecule is CC(C)C(=O)NC[C@H]1C[C@H](n2cc(-c3cccc(OCc4ccccc4)c3)c3c(N)ncnc32)C1. The van der Waals surface area contributed by atoms with E-state index in [0.717, 1.165) is 52.9 Å². The first-order chi connectivity index (χ1) is 17.0. The molecule has 1 amide bonds. The zero-order valence-electron chi connectivity index (χ0n) is 20.1. The molecule has 0 radical (unpaired) electrons. The summed E-state index contributed by atoms with van der Waals surface area (Å²) in [7, 11) is 0. The molecule has 0 unspecified atom stereocenters. The van der Waals surface area contributed by atoms with Crippen LogP contribution in [0, 0.1) is 11.8 Å². The number of fused-ring (bicyclic) bond motifs is 1. The number of amides is 1. The van der Waals surface area contributed by atoms with Gasteiger partial charge in [-0.2, -0.15) is 0 Å². The van der Waals surface area contributed by atoms with Gasteiger partial charge in [-0.05, 0) is 42.0 Å². The Balaban J connectivity index is 1.37. The summed E-state index contributed by atoms with van der Waals surface area (Å²) in [6.07, 6.45) is 5.65. The first kappa shape index (κ1) is 22.9. The van der Waals surface area contributed by atoms with Gasteiger partial charge in [0.15, 0.2) is 0 Å². The minimum atomic E-state index is 0.00827. The number of hydrogen-bond donors (Lipinski definition) is 2. The molecule has 2 aromatic heterocycles. The van der Waals surface area contributed by atoms with Gasteiger partial charge in [0.1, 0.15) is 30.1 Å². The van der Waals surface area contributed by atoms with E-state index in [4.69, 9.17) is 10.5 Å². The van der Waals surface area contributed by atoms with Crippen LogP contribution >= 0.6 is 0 Å². The number of nitrogens with two attached hydrogens (primary N) is 1. The fraction of sp³-hybridized carbons (Fsp3) is 0.321. The quantitative estimate of drug-likeness (QED) is 0.379. The van der Waals surface area contributed by atoms with Crippen LogP contribution in [-0.2, 0) is 11.4 Å². The van der Waals surface area contributed by atoms with Crippen LogP contribution in [0.1, 0.15) is 38.3 Å². The molecular weight excluding hydrogens is 438 g/mol. The van der Waals surface area contributed by atoms with Crippen LogP contribution in [0.25, 0.3) is 22.2 Å². The summed E-state index contributed by atoms with van der Waals surface area (Å²) in [5.41, 5.74) is 10.3. The van der Waals surface area contributed by atoms with Gasteiger partial charge in [-0.1, -0.05) is 56.3 Å². The van der Waals surface area contributed by atoms with Crippen molar-refractivity contribution >= 4 is 22.8 Å². The number of rotatable bonds is 8. The third-order valence-electron chi connectivity index (χ3n) is 6.73. The van der Waals surface area contributed by atoms with Gasteiger partial charge in [0, 0.05) is 30.3 Å². The molecule has 7 heteroatoms. The predicted octanol–water partition coefficient (Wildman–Crippen LogP) is 4.98. The number of benzene rings is 2. The molecule has 1 aliphatic carbocycles. The van der Waals surface area contributed by atoms with Crippen molar-refractivity contribution in [3.63, 3.8) is 0 Å². The van der Waals surface area contributed by atoms with Crippen LogP contribution in [0.4, 0.5) is 5.82 Å². The summed E-state index contributed by atoms with van der Waals surface area (Å²) in [5.74, 6) is 1.86. The molecule has 35 heavy (non-hydrogen) atoms. The second-order valence-corrected chi connectivity index (χ2v) is 9.60. The Morgan fingerprint density at radius 3 is 2.71 bits per heavy atom. The molecular formula is C28H31N5O2. The number of aromatic nitrogens is 3. The fourth-order valence-electron chi connectivity index (χ4n) is 4.64. The number of ether oxygens (including phenoxy) is 1. The van der Waals surface area contributed by atoms with Crippen molar-refractivity contribution in [2.75, 3.05) is 12.3 Å². The summed E-state index contributed by atoms with van der Waals surface area (Å²) < 4.78 is 8.28. The van der Waals surface area contributed by atoms with Crippen molar-refractivity contribution in [1.82, 2.24) is 19.9 Å². The lowest BCUT2D eigenvalue weighted by molar-refractivity contribution is -0.124. The van der Waals surface area contributed by atoms with E-state index in [-0.39, 0.29) is 11.8 Å². The highest BCUT2D eigenvalue weighted by Crippen LogP contribution is 2.43. The average molecular weight is 470 g/mol. The van der Waals surface area contributed by atoms with Gasteiger partial charge in [-0.25, -0.2) is 9.97 Å². The van der Waals surface area contributed by atoms with Crippen LogP contribution < -0.4 is 15.8 Å². The largest absolute Gasteiger partial charge is 0.489 e. The van der Waals surface area contributed by atoms with Gasteiger partial charge in [0.05, 0.1) is 5.39 Å². The summed E-state index contributed by atoms with van der Waals surface area (Å²) in [6, 6.07) is 18.5. The van der Waals surface area contributed by atoms with Gasteiger partial charge in [0.2, 0.25) is 5.91 Å². The number of carbonyl (C=O) groups excluding carboxylic acids is 1. The number of nitrogens with one attached hydrogen (secondary N) is 1. The van der Waals surface area contributed by atoms with Crippen LogP contribution in [0.5, 0.6) is 5.75 Å². The van der Waals surface area contributed by atoms with Crippen molar-refractivity contribution in [1.29, 1.82) is 0 Å². The first-order valence-electron chi connectivity index (χ1n) is 12.2. The number of hydrogen-bond acceptors (Lipinski definition) is 5. The van der Waals surface area contributed by atoms with Crippen molar-refractivity contribution in [3.05, 3.63) is 72.7 Å². The van der Waals surface area contributed by atoms with Crippen LogP contribution in [-0.4, -0.2) is 27.0 Å². The Morgan fingerprint density at radius 1 is 1.14 bits per heavy atom. The van der Waals surface area contributed by atoms with Gasteiger partial charge in [-0.15, -0.1) is 0 Å². The standard InChI is InChI=1S/C28H31N5O2/c1-18(2)28(34)30-14-20-11-22(12-20)33-15-24(25-26(29)31-17-32-27(25)33)21-9-6-10-23(13-21)35-16-19-7-4-3-5-8-19/h3-10,13,15,17-18,20,22H,11-12,14,16H2,1-2H3,(H,30,34)(H2,29,31,32)/t20-,22-. The van der Waals surface area contributed by atoms with Crippen LogP contribution in [0.3, 0.4) is 0 Å². The van der Waals surface area contributed by atoms with E-state index in [2.05, 4.69) is 44.2 Å². The smallest absolute Gasteiger partial charge is 0.222 e. The zero-order valence-corrected chi connectivity index (χ0v) is 20.1. The molecule has 1 fully saturated rings. The molecule has 0 spiro atoms. The van der Waals surface area contributed by atoms with E-state index < -0.39 is 0 Å². The van der Waals surface area contributed by atoms with E-state index in [0.29, 0.717) is 24.4 Å². The molecule has 180 valence electrons. The topological polar surface area (TPSA) is 95.1 Å². The highest BCUT2D eigenvalue weighted by atomic mass is 16.5. The molecule has 1 saturated carbocycles. The Morgan fingerprint density at radius 2 is 1.94 bits per heavy atom. The zero-order chi connectivity index (χ0) is 24.4. The third kappa shape index (κ3) is 4.85. The van der Waals surface area contributed by atoms with Crippen molar-refractivity contribution in [2.24, 2.45) is 11.8 Å². The maximum atomic E-state index is 11.9. The van der Waals surface area contributed by atoms with Gasteiger partial charge in [0.25, 0.3) is 0 Å². The van der Waals surface area contributed by atoms with E-state index in [1.807, 2.05) is 50.2 Å².